The molecule has 0 N–H and O–H groups in total. The van der Waals surface area contributed by atoms with Crippen molar-refractivity contribution in [2.45, 2.75) is 0 Å². The van der Waals surface area contributed by atoms with Gasteiger partial charge in [0.05, 0.1) is 18.8 Å². The third kappa shape index (κ3) is 1.18. The van der Waals surface area contributed by atoms with Crippen LogP contribution >= 0.6 is 65.9 Å². The van der Waals surface area contributed by atoms with Crippen molar-refractivity contribution in [1.82, 2.24) is 0 Å². The molecule has 0 aromatic carbocycles. The molecule has 0 saturated carbocycles. The predicted octanol–water partition coefficient (Wildman–Crippen LogP) is 5.70. The Morgan fingerprint density at radius 2 is 1.23 bits per heavy atom. The number of rotatable bonds is 0. The van der Waals surface area contributed by atoms with Gasteiger partial charge in [0, 0.05) is 19.7 Å². The van der Waals surface area contributed by atoms with Crippen LogP contribution < -0.4 is 0 Å². The molecular weight excluding hydrogens is 352 g/mol. The highest BCUT2D eigenvalue weighted by molar-refractivity contribution is 9.11. The first kappa shape index (κ1) is 8.85. The van der Waals surface area contributed by atoms with Gasteiger partial charge >= 0.3 is 0 Å². The lowest BCUT2D eigenvalue weighted by molar-refractivity contribution is 2.08. The van der Waals surface area contributed by atoms with E-state index in [4.69, 9.17) is 0 Å². The van der Waals surface area contributed by atoms with E-state index >= 15 is 0 Å². The second kappa shape index (κ2) is 3.03. The molecule has 0 aliphatic carbocycles. The Balaban J connectivity index is 2.64. The van der Waals surface area contributed by atoms with Crippen molar-refractivity contribution >= 4 is 84.7 Å². The fourth-order valence-electron chi connectivity index (χ4n) is 1.26. The SMILES string of the molecule is Brc1csc2c1sc1c(Br)csc12. The number of halogens is 2. The molecule has 0 amide bonds. The first-order chi connectivity index (χ1) is 6.27. The number of thiophene rings is 3. The van der Waals surface area contributed by atoms with Crippen LogP contribution in [0, 0.1) is 0 Å². The minimum atomic E-state index is 1.23. The zero-order chi connectivity index (χ0) is 9.00. The third-order valence-corrected chi connectivity index (χ3v) is 7.84. The standard InChI is InChI=1S/C8H2Br2S3/c9-3-1-11-7-5(3)13-6-4(10)2-12-8(6)7/h1-2H. The summed E-state index contributed by atoms with van der Waals surface area (Å²) in [6.45, 7) is 0. The van der Waals surface area contributed by atoms with Gasteiger partial charge in [-0.15, -0.1) is 34.0 Å². The number of hydrogen-bond acceptors (Lipinski definition) is 3. The quantitative estimate of drug-likeness (QED) is 0.486. The van der Waals surface area contributed by atoms with Crippen LogP contribution in [0.1, 0.15) is 0 Å². The lowest BCUT2D eigenvalue weighted by Crippen LogP contribution is -1.45. The van der Waals surface area contributed by atoms with Gasteiger partial charge < -0.3 is 0 Å². The van der Waals surface area contributed by atoms with E-state index in [0.29, 0.717) is 0 Å². The van der Waals surface area contributed by atoms with Gasteiger partial charge in [-0.3, -0.25) is 0 Å². The molecule has 3 heterocycles. The zero-order valence-corrected chi connectivity index (χ0v) is 11.8. The molecule has 0 atom stereocenters. The van der Waals surface area contributed by atoms with Crippen molar-refractivity contribution < 1.29 is 0 Å². The largest absolute Gasteiger partial charge is 0.140 e. The number of fused-ring (bicyclic) bond motifs is 3. The van der Waals surface area contributed by atoms with Crippen LogP contribution in [0.5, 0.6) is 0 Å². The topological polar surface area (TPSA) is 0 Å². The van der Waals surface area contributed by atoms with Crippen molar-refractivity contribution in [3.8, 4) is 0 Å². The molecule has 0 fully saturated rings. The Bertz CT molecular complexity index is 536. The average Bonchev–Trinajstić information content (AvgIpc) is 2.70. The summed E-state index contributed by atoms with van der Waals surface area (Å²) >= 11 is 12.6. The van der Waals surface area contributed by atoms with E-state index in [1.54, 1.807) is 0 Å². The molecule has 3 aromatic rings. The zero-order valence-electron chi connectivity index (χ0n) is 6.14. The first-order valence-corrected chi connectivity index (χ1v) is 7.66. The highest BCUT2D eigenvalue weighted by atomic mass is 79.9. The third-order valence-electron chi connectivity index (χ3n) is 1.82. The molecule has 0 aliphatic heterocycles. The van der Waals surface area contributed by atoms with E-state index in [1.807, 2.05) is 34.0 Å². The van der Waals surface area contributed by atoms with Crippen LogP contribution in [-0.2, 0) is 0 Å². The van der Waals surface area contributed by atoms with Crippen LogP contribution in [0.4, 0.5) is 0 Å². The van der Waals surface area contributed by atoms with Crippen molar-refractivity contribution in [3.63, 3.8) is 0 Å². The van der Waals surface area contributed by atoms with E-state index in [-0.39, 0.29) is 0 Å². The maximum atomic E-state index is 3.56. The molecule has 3 rings (SSSR count). The van der Waals surface area contributed by atoms with Crippen molar-refractivity contribution in [2.24, 2.45) is 0 Å². The molecule has 5 heteroatoms. The maximum absolute atomic E-state index is 3.56. The molecule has 0 saturated heterocycles. The molecular formula is C8H2Br2S3. The minimum Gasteiger partial charge on any atom is -0.140 e. The second-order valence-corrected chi connectivity index (χ2v) is 7.07. The molecule has 0 nitrogen and oxygen atoms in total. The summed E-state index contributed by atoms with van der Waals surface area (Å²) in [4.78, 5) is 0. The maximum Gasteiger partial charge on any atom is 0.0641 e. The Morgan fingerprint density at radius 3 is 1.69 bits per heavy atom. The Hall–Kier alpha value is 0.580. The smallest absolute Gasteiger partial charge is 0.0641 e. The number of hydrogen-bond donors (Lipinski definition) is 0. The monoisotopic (exact) mass is 352 g/mol. The summed E-state index contributed by atoms with van der Waals surface area (Å²) in [5, 5.41) is 4.32. The molecule has 0 aliphatic rings. The summed E-state index contributed by atoms with van der Waals surface area (Å²) in [6, 6.07) is 0. The van der Waals surface area contributed by atoms with E-state index in [1.165, 1.54) is 27.7 Å². The molecule has 0 radical (unpaired) electrons. The van der Waals surface area contributed by atoms with Crippen LogP contribution in [0.3, 0.4) is 0 Å². The van der Waals surface area contributed by atoms with Crippen molar-refractivity contribution in [3.05, 3.63) is 19.7 Å². The Labute approximate surface area is 103 Å². The molecule has 0 spiro atoms. The van der Waals surface area contributed by atoms with Crippen LogP contribution in [0.15, 0.2) is 19.7 Å². The predicted molar refractivity (Wildman–Crippen MR) is 70.5 cm³/mol. The molecule has 66 valence electrons. The normalized spacial score (nSPS) is 11.8. The van der Waals surface area contributed by atoms with Gasteiger partial charge in [-0.1, -0.05) is 0 Å². The van der Waals surface area contributed by atoms with Crippen molar-refractivity contribution in [2.75, 3.05) is 0 Å². The lowest BCUT2D eigenvalue weighted by Gasteiger charge is -1.78. The van der Waals surface area contributed by atoms with Gasteiger partial charge in [-0.25, -0.2) is 0 Å². The van der Waals surface area contributed by atoms with Crippen molar-refractivity contribution in [1.29, 1.82) is 0 Å². The second-order valence-electron chi connectivity index (χ2n) is 2.59. The van der Waals surface area contributed by atoms with Gasteiger partial charge in [0.25, 0.3) is 0 Å². The fraction of sp³-hybridized carbons (Fsp3) is 0. The highest BCUT2D eigenvalue weighted by Crippen LogP contribution is 2.47. The van der Waals surface area contributed by atoms with Gasteiger partial charge in [0.1, 0.15) is 0 Å². The van der Waals surface area contributed by atoms with Gasteiger partial charge in [-0.05, 0) is 31.9 Å². The van der Waals surface area contributed by atoms with Crippen LogP contribution in [0.25, 0.3) is 18.8 Å². The summed E-state index contributed by atoms with van der Waals surface area (Å²) in [5.41, 5.74) is 0. The molecule has 0 bridgehead atoms. The summed E-state index contributed by atoms with van der Waals surface area (Å²) < 4.78 is 8.06. The first-order valence-electron chi connectivity index (χ1n) is 3.49. The summed E-state index contributed by atoms with van der Waals surface area (Å²) in [6.07, 6.45) is 0. The summed E-state index contributed by atoms with van der Waals surface area (Å²) in [5.74, 6) is 0. The summed E-state index contributed by atoms with van der Waals surface area (Å²) in [7, 11) is 0. The highest BCUT2D eigenvalue weighted by Gasteiger charge is 2.13. The van der Waals surface area contributed by atoms with Gasteiger partial charge in [-0.2, -0.15) is 0 Å². The molecule has 0 unspecified atom stereocenters. The van der Waals surface area contributed by atoms with Crippen LogP contribution in [-0.4, -0.2) is 0 Å². The van der Waals surface area contributed by atoms with E-state index in [9.17, 15) is 0 Å². The van der Waals surface area contributed by atoms with Gasteiger partial charge in [0.15, 0.2) is 0 Å². The minimum absolute atomic E-state index is 1.23. The van der Waals surface area contributed by atoms with E-state index in [2.05, 4.69) is 42.6 Å². The molecule has 13 heavy (non-hydrogen) atoms. The fourth-order valence-corrected chi connectivity index (χ4v) is 6.51. The average molecular weight is 354 g/mol. The van der Waals surface area contributed by atoms with Crippen LogP contribution in [0.2, 0.25) is 0 Å². The Kier molecular flexibility index (Phi) is 2.07. The van der Waals surface area contributed by atoms with Gasteiger partial charge in [0.2, 0.25) is 0 Å². The molecule has 3 aromatic heterocycles. The lowest BCUT2D eigenvalue weighted by atomic mass is 10.5. The van der Waals surface area contributed by atoms with E-state index in [0.717, 1.165) is 0 Å². The Morgan fingerprint density at radius 1 is 0.769 bits per heavy atom. The van der Waals surface area contributed by atoms with E-state index < -0.39 is 0 Å².